The van der Waals surface area contributed by atoms with Crippen molar-refractivity contribution >= 4 is 11.8 Å². The summed E-state index contributed by atoms with van der Waals surface area (Å²) in [7, 11) is 0. The molecular formula is C13H22N2O2. The average molecular weight is 238 g/mol. The van der Waals surface area contributed by atoms with Gasteiger partial charge in [-0.2, -0.15) is 0 Å². The number of carbonyl (C=O) groups is 2. The fraction of sp³-hybridized carbons (Fsp3) is 0.692. The van der Waals surface area contributed by atoms with E-state index in [1.807, 2.05) is 13.8 Å². The number of piperazine rings is 1. The summed E-state index contributed by atoms with van der Waals surface area (Å²) in [6.45, 7) is 8.13. The molecule has 0 spiro atoms. The molecule has 96 valence electrons. The van der Waals surface area contributed by atoms with Crippen LogP contribution >= 0.6 is 0 Å². The monoisotopic (exact) mass is 238 g/mol. The van der Waals surface area contributed by atoms with Gasteiger partial charge in [-0.25, -0.2) is 0 Å². The number of hydrogen-bond donors (Lipinski definition) is 1. The number of rotatable bonds is 6. The van der Waals surface area contributed by atoms with Crippen molar-refractivity contribution in [3.63, 3.8) is 0 Å². The predicted octanol–water partition coefficient (Wildman–Crippen LogP) is 1.47. The van der Waals surface area contributed by atoms with E-state index in [0.29, 0.717) is 19.4 Å². The minimum absolute atomic E-state index is 0.0215. The van der Waals surface area contributed by atoms with E-state index >= 15 is 0 Å². The van der Waals surface area contributed by atoms with Gasteiger partial charge in [0, 0.05) is 6.54 Å². The zero-order valence-electron chi connectivity index (χ0n) is 10.7. The summed E-state index contributed by atoms with van der Waals surface area (Å²) in [5.74, 6) is 0.0107. The van der Waals surface area contributed by atoms with Gasteiger partial charge in [0.2, 0.25) is 11.8 Å². The lowest BCUT2D eigenvalue weighted by Crippen LogP contribution is -2.63. The van der Waals surface area contributed by atoms with E-state index < -0.39 is 0 Å². The Morgan fingerprint density at radius 2 is 1.94 bits per heavy atom. The van der Waals surface area contributed by atoms with Gasteiger partial charge < -0.3 is 10.2 Å². The highest BCUT2D eigenvalue weighted by atomic mass is 16.2. The maximum Gasteiger partial charge on any atom is 0.246 e. The highest BCUT2D eigenvalue weighted by Gasteiger charge is 2.38. The SMILES string of the molecule is C=CCN1C(=O)C(CCC)NC(=O)C1CCC. The number of nitrogens with one attached hydrogen (secondary N) is 1. The topological polar surface area (TPSA) is 49.4 Å². The Kier molecular flexibility index (Phi) is 5.19. The third-order valence-corrected chi connectivity index (χ3v) is 3.04. The van der Waals surface area contributed by atoms with E-state index in [1.54, 1.807) is 11.0 Å². The summed E-state index contributed by atoms with van der Waals surface area (Å²) >= 11 is 0. The maximum atomic E-state index is 12.2. The molecule has 0 aromatic heterocycles. The van der Waals surface area contributed by atoms with Crippen LogP contribution < -0.4 is 5.32 Å². The summed E-state index contributed by atoms with van der Waals surface area (Å²) in [6, 6.07) is -0.667. The van der Waals surface area contributed by atoms with Crippen LogP contribution in [0.3, 0.4) is 0 Å². The first-order valence-electron chi connectivity index (χ1n) is 6.37. The summed E-state index contributed by atoms with van der Waals surface area (Å²) in [5, 5.41) is 2.83. The Morgan fingerprint density at radius 1 is 1.29 bits per heavy atom. The maximum absolute atomic E-state index is 12.2. The molecule has 4 nitrogen and oxygen atoms in total. The number of hydrogen-bond acceptors (Lipinski definition) is 2. The van der Waals surface area contributed by atoms with Gasteiger partial charge >= 0.3 is 0 Å². The van der Waals surface area contributed by atoms with Crippen molar-refractivity contribution in [2.75, 3.05) is 6.54 Å². The first-order valence-corrected chi connectivity index (χ1v) is 6.37. The fourth-order valence-electron chi connectivity index (χ4n) is 2.23. The van der Waals surface area contributed by atoms with E-state index in [1.165, 1.54) is 0 Å². The smallest absolute Gasteiger partial charge is 0.246 e. The molecule has 1 N–H and O–H groups in total. The molecule has 1 saturated heterocycles. The quantitative estimate of drug-likeness (QED) is 0.712. The van der Waals surface area contributed by atoms with Gasteiger partial charge in [-0.1, -0.05) is 32.8 Å². The summed E-state index contributed by atoms with van der Waals surface area (Å²) in [6.07, 6.45) is 4.87. The second-order valence-corrected chi connectivity index (χ2v) is 4.43. The van der Waals surface area contributed by atoms with Crippen molar-refractivity contribution < 1.29 is 9.59 Å². The van der Waals surface area contributed by atoms with Crippen LogP contribution in [0.4, 0.5) is 0 Å². The standard InChI is InChI=1S/C13H22N2O2/c1-4-7-10-13(17)15(9-6-3)11(8-5-2)12(16)14-10/h6,10-11H,3-5,7-9H2,1-2H3,(H,14,16). The van der Waals surface area contributed by atoms with Crippen molar-refractivity contribution in [2.45, 2.75) is 51.6 Å². The molecular weight excluding hydrogens is 216 g/mol. The van der Waals surface area contributed by atoms with Crippen LogP contribution in [0.1, 0.15) is 39.5 Å². The van der Waals surface area contributed by atoms with E-state index in [0.717, 1.165) is 12.8 Å². The lowest BCUT2D eigenvalue weighted by molar-refractivity contribution is -0.149. The van der Waals surface area contributed by atoms with Gasteiger partial charge in [0.1, 0.15) is 12.1 Å². The Labute approximate surface area is 103 Å². The first kappa shape index (κ1) is 13.7. The molecule has 1 aliphatic rings. The van der Waals surface area contributed by atoms with Crippen LogP contribution in [0, 0.1) is 0 Å². The van der Waals surface area contributed by atoms with Crippen molar-refractivity contribution in [1.29, 1.82) is 0 Å². The minimum Gasteiger partial charge on any atom is -0.343 e. The third-order valence-electron chi connectivity index (χ3n) is 3.04. The fourth-order valence-corrected chi connectivity index (χ4v) is 2.23. The molecule has 0 saturated carbocycles. The predicted molar refractivity (Wildman–Crippen MR) is 67.4 cm³/mol. The highest BCUT2D eigenvalue weighted by Crippen LogP contribution is 2.16. The lowest BCUT2D eigenvalue weighted by atomic mass is 10.0. The Morgan fingerprint density at radius 3 is 2.47 bits per heavy atom. The van der Waals surface area contributed by atoms with Gasteiger partial charge in [-0.05, 0) is 12.8 Å². The van der Waals surface area contributed by atoms with E-state index in [-0.39, 0.29) is 23.9 Å². The van der Waals surface area contributed by atoms with Crippen LogP contribution in [0.25, 0.3) is 0 Å². The average Bonchev–Trinajstić information content (AvgIpc) is 2.30. The second kappa shape index (κ2) is 6.42. The van der Waals surface area contributed by atoms with Crippen LogP contribution in [0.5, 0.6) is 0 Å². The number of nitrogens with zero attached hydrogens (tertiary/aromatic N) is 1. The van der Waals surface area contributed by atoms with Gasteiger partial charge in [0.15, 0.2) is 0 Å². The van der Waals surface area contributed by atoms with Gasteiger partial charge in [0.05, 0.1) is 0 Å². The molecule has 2 unspecified atom stereocenters. The van der Waals surface area contributed by atoms with E-state index in [2.05, 4.69) is 11.9 Å². The Hall–Kier alpha value is -1.32. The molecule has 2 atom stereocenters. The van der Waals surface area contributed by atoms with Crippen LogP contribution in [-0.4, -0.2) is 35.3 Å². The molecule has 17 heavy (non-hydrogen) atoms. The molecule has 0 aromatic rings. The Balaban J connectivity index is 2.84. The summed E-state index contributed by atoms with van der Waals surface area (Å²) < 4.78 is 0. The second-order valence-electron chi connectivity index (χ2n) is 4.43. The molecule has 0 aromatic carbocycles. The molecule has 0 bridgehead atoms. The minimum atomic E-state index is -0.347. The van der Waals surface area contributed by atoms with Gasteiger partial charge in [-0.15, -0.1) is 6.58 Å². The third kappa shape index (κ3) is 3.08. The zero-order chi connectivity index (χ0) is 12.8. The molecule has 1 rings (SSSR count). The molecule has 4 heteroatoms. The molecule has 1 heterocycles. The van der Waals surface area contributed by atoms with Crippen molar-refractivity contribution in [2.24, 2.45) is 0 Å². The molecule has 1 aliphatic heterocycles. The van der Waals surface area contributed by atoms with Gasteiger partial charge in [-0.3, -0.25) is 9.59 Å². The molecule has 1 fully saturated rings. The van der Waals surface area contributed by atoms with Crippen molar-refractivity contribution in [3.8, 4) is 0 Å². The van der Waals surface area contributed by atoms with E-state index in [9.17, 15) is 9.59 Å². The molecule has 0 radical (unpaired) electrons. The number of carbonyl (C=O) groups excluding carboxylic acids is 2. The van der Waals surface area contributed by atoms with Crippen LogP contribution in [0.2, 0.25) is 0 Å². The zero-order valence-corrected chi connectivity index (χ0v) is 10.7. The number of amides is 2. The molecule has 0 aliphatic carbocycles. The largest absolute Gasteiger partial charge is 0.343 e. The normalized spacial score (nSPS) is 24.7. The van der Waals surface area contributed by atoms with Crippen molar-refractivity contribution in [3.05, 3.63) is 12.7 Å². The highest BCUT2D eigenvalue weighted by molar-refractivity contribution is 5.97. The first-order chi connectivity index (χ1) is 8.15. The summed E-state index contributed by atoms with van der Waals surface area (Å²) in [5.41, 5.74) is 0. The molecule has 2 amide bonds. The van der Waals surface area contributed by atoms with E-state index in [4.69, 9.17) is 0 Å². The summed E-state index contributed by atoms with van der Waals surface area (Å²) in [4.78, 5) is 25.8. The van der Waals surface area contributed by atoms with Crippen LogP contribution in [0.15, 0.2) is 12.7 Å². The van der Waals surface area contributed by atoms with Gasteiger partial charge in [0.25, 0.3) is 0 Å². The van der Waals surface area contributed by atoms with Crippen LogP contribution in [-0.2, 0) is 9.59 Å². The van der Waals surface area contributed by atoms with Crippen molar-refractivity contribution in [1.82, 2.24) is 10.2 Å². The Bertz CT molecular complexity index is 302. The lowest BCUT2D eigenvalue weighted by Gasteiger charge is -2.38.